The highest BCUT2D eigenvalue weighted by molar-refractivity contribution is 6.32. The Bertz CT molecular complexity index is 1490. The molecule has 1 heterocycles. The number of aromatic nitrogens is 2. The van der Waals surface area contributed by atoms with E-state index in [-0.39, 0.29) is 29.3 Å². The van der Waals surface area contributed by atoms with Gasteiger partial charge in [0.05, 0.1) is 28.7 Å². The molecule has 38 heavy (non-hydrogen) atoms. The number of para-hydroxylation sites is 1. The minimum absolute atomic E-state index is 0. The molecule has 0 fully saturated rings. The number of hydrogen-bond donors (Lipinski definition) is 2. The van der Waals surface area contributed by atoms with Crippen molar-refractivity contribution in [1.82, 2.24) is 9.78 Å². The van der Waals surface area contributed by atoms with Crippen molar-refractivity contribution in [1.29, 1.82) is 0 Å². The average Bonchev–Trinajstić information content (AvgIpc) is 3.32. The van der Waals surface area contributed by atoms with Crippen LogP contribution in [-0.2, 0) is 11.0 Å². The fourth-order valence-electron chi connectivity index (χ4n) is 3.71. The lowest BCUT2D eigenvalue weighted by atomic mass is 10.1. The van der Waals surface area contributed by atoms with Gasteiger partial charge in [-0.1, -0.05) is 35.9 Å². The number of carbonyl (C=O) groups is 2. The zero-order valence-corrected chi connectivity index (χ0v) is 21.0. The van der Waals surface area contributed by atoms with Crippen LogP contribution in [0.1, 0.15) is 31.3 Å². The van der Waals surface area contributed by atoms with Gasteiger partial charge in [0.1, 0.15) is 5.75 Å². The molecule has 0 saturated heterocycles. The van der Waals surface area contributed by atoms with Crippen LogP contribution in [0.15, 0.2) is 72.8 Å². The standard InChI is InChI=1S/C27H22ClF3N4O3.H2/c1-3-38-24-13-12-19(32-16(2)36)14-21(24)33-26(37)18-10-8-17(9-11-18)23-15-25(27(29,30)31)34-35(23)22-7-5-4-6-20(22)28;/h4-15H,3H2,1-2H3,(H,32,36)(H,33,37);1H. The third kappa shape index (κ3) is 5.97. The van der Waals surface area contributed by atoms with Gasteiger partial charge in [-0.25, -0.2) is 4.68 Å². The van der Waals surface area contributed by atoms with Gasteiger partial charge >= 0.3 is 6.18 Å². The number of nitrogens with one attached hydrogen (secondary N) is 2. The molecule has 2 amide bonds. The van der Waals surface area contributed by atoms with E-state index < -0.39 is 17.8 Å². The number of ether oxygens (including phenoxy) is 1. The second kappa shape index (κ2) is 11.0. The number of benzene rings is 3. The summed E-state index contributed by atoms with van der Waals surface area (Å²) in [6, 6.07) is 18.2. The fourth-order valence-corrected chi connectivity index (χ4v) is 3.93. The van der Waals surface area contributed by atoms with E-state index in [1.165, 1.54) is 31.2 Å². The van der Waals surface area contributed by atoms with Gasteiger partial charge in [0.2, 0.25) is 5.91 Å². The van der Waals surface area contributed by atoms with Crippen LogP contribution in [0.4, 0.5) is 24.5 Å². The average molecular weight is 545 g/mol. The van der Waals surface area contributed by atoms with Crippen LogP contribution in [0, 0.1) is 0 Å². The third-order valence-corrected chi connectivity index (χ3v) is 5.69. The van der Waals surface area contributed by atoms with Crippen LogP contribution in [0.5, 0.6) is 5.75 Å². The first-order valence-electron chi connectivity index (χ1n) is 11.4. The van der Waals surface area contributed by atoms with Gasteiger partial charge in [-0.15, -0.1) is 0 Å². The lowest BCUT2D eigenvalue weighted by Gasteiger charge is -2.14. The highest BCUT2D eigenvalue weighted by Crippen LogP contribution is 2.35. The molecule has 1 aromatic heterocycles. The topological polar surface area (TPSA) is 85.2 Å². The number of carbonyl (C=O) groups excluding carboxylic acids is 2. The van der Waals surface area contributed by atoms with Crippen LogP contribution in [-0.4, -0.2) is 28.2 Å². The molecule has 0 atom stereocenters. The molecule has 4 rings (SSSR count). The van der Waals surface area contributed by atoms with Crippen molar-refractivity contribution in [2.75, 3.05) is 17.2 Å². The normalized spacial score (nSPS) is 11.2. The van der Waals surface area contributed by atoms with Gasteiger partial charge in [0.15, 0.2) is 5.69 Å². The summed E-state index contributed by atoms with van der Waals surface area (Å²) in [5.74, 6) is -0.338. The summed E-state index contributed by atoms with van der Waals surface area (Å²) in [7, 11) is 0. The summed E-state index contributed by atoms with van der Waals surface area (Å²) in [4.78, 5) is 24.4. The first kappa shape index (κ1) is 26.7. The fraction of sp³-hybridized carbons (Fsp3) is 0.148. The molecule has 0 saturated carbocycles. The van der Waals surface area contributed by atoms with Crippen LogP contribution in [0.2, 0.25) is 5.02 Å². The van der Waals surface area contributed by atoms with Crippen molar-refractivity contribution in [2.24, 2.45) is 0 Å². The molecule has 0 aliphatic heterocycles. The van der Waals surface area contributed by atoms with Crippen LogP contribution >= 0.6 is 11.6 Å². The summed E-state index contributed by atoms with van der Waals surface area (Å²) in [5.41, 5.74) is 0.826. The van der Waals surface area contributed by atoms with Gasteiger partial charge in [0, 0.05) is 25.2 Å². The van der Waals surface area contributed by atoms with E-state index in [2.05, 4.69) is 15.7 Å². The Balaban J connectivity index is 0.00000420. The first-order chi connectivity index (χ1) is 18.1. The maximum absolute atomic E-state index is 13.5. The molecule has 0 spiro atoms. The summed E-state index contributed by atoms with van der Waals surface area (Å²) in [6.07, 6.45) is -4.66. The van der Waals surface area contributed by atoms with Crippen LogP contribution in [0.25, 0.3) is 16.9 Å². The molecule has 0 aliphatic rings. The Hall–Kier alpha value is -4.31. The lowest BCUT2D eigenvalue weighted by molar-refractivity contribution is -0.141. The number of anilines is 2. The van der Waals surface area contributed by atoms with E-state index >= 15 is 0 Å². The molecule has 0 unspecified atom stereocenters. The molecular weight excluding hydrogens is 521 g/mol. The highest BCUT2D eigenvalue weighted by Gasteiger charge is 2.35. The maximum Gasteiger partial charge on any atom is 0.435 e. The van der Waals surface area contributed by atoms with Crippen LogP contribution in [0.3, 0.4) is 0 Å². The second-order valence-corrected chi connectivity index (χ2v) is 8.54. The second-order valence-electron chi connectivity index (χ2n) is 8.13. The third-order valence-electron chi connectivity index (χ3n) is 5.37. The number of nitrogens with zero attached hydrogens (tertiary/aromatic N) is 2. The van der Waals surface area contributed by atoms with E-state index in [0.717, 1.165) is 10.7 Å². The number of alkyl halides is 3. The monoisotopic (exact) mass is 544 g/mol. The minimum atomic E-state index is -4.66. The zero-order valence-electron chi connectivity index (χ0n) is 20.3. The molecule has 2 N–H and O–H groups in total. The number of hydrogen-bond acceptors (Lipinski definition) is 4. The predicted octanol–water partition coefficient (Wildman–Crippen LogP) is 7.07. The van der Waals surface area contributed by atoms with Gasteiger partial charge < -0.3 is 15.4 Å². The molecular formula is C27H24ClF3N4O3. The minimum Gasteiger partial charge on any atom is -0.492 e. The van der Waals surface area contributed by atoms with Crippen molar-refractivity contribution in [3.05, 3.63) is 89.1 Å². The predicted molar refractivity (Wildman–Crippen MR) is 141 cm³/mol. The van der Waals surface area contributed by atoms with E-state index in [1.807, 2.05) is 0 Å². The molecule has 3 aromatic carbocycles. The molecule has 0 bridgehead atoms. The van der Waals surface area contributed by atoms with E-state index in [1.54, 1.807) is 49.4 Å². The lowest BCUT2D eigenvalue weighted by Crippen LogP contribution is -2.14. The van der Waals surface area contributed by atoms with Gasteiger partial charge in [-0.3, -0.25) is 9.59 Å². The van der Waals surface area contributed by atoms with E-state index in [9.17, 15) is 22.8 Å². The smallest absolute Gasteiger partial charge is 0.435 e. The number of rotatable bonds is 7. The molecule has 0 radical (unpaired) electrons. The maximum atomic E-state index is 13.5. The van der Waals surface area contributed by atoms with E-state index in [0.29, 0.717) is 29.3 Å². The quantitative estimate of drug-likeness (QED) is 0.261. The Morgan fingerprint density at radius 2 is 1.74 bits per heavy atom. The van der Waals surface area contributed by atoms with Gasteiger partial charge in [-0.05, 0) is 55.5 Å². The summed E-state index contributed by atoms with van der Waals surface area (Å²) >= 11 is 6.23. The summed E-state index contributed by atoms with van der Waals surface area (Å²) in [5, 5.41) is 9.37. The van der Waals surface area contributed by atoms with Crippen molar-refractivity contribution in [3.8, 4) is 22.7 Å². The van der Waals surface area contributed by atoms with Crippen molar-refractivity contribution in [2.45, 2.75) is 20.0 Å². The Kier molecular flexibility index (Phi) is 7.72. The summed E-state index contributed by atoms with van der Waals surface area (Å²) < 4.78 is 47.1. The first-order valence-corrected chi connectivity index (χ1v) is 11.8. The molecule has 11 heteroatoms. The number of amides is 2. The van der Waals surface area contributed by atoms with E-state index in [4.69, 9.17) is 16.3 Å². The zero-order chi connectivity index (χ0) is 27.4. The Labute approximate surface area is 222 Å². The number of halogens is 4. The Morgan fingerprint density at radius 3 is 2.37 bits per heavy atom. The largest absolute Gasteiger partial charge is 0.492 e. The van der Waals surface area contributed by atoms with Crippen molar-refractivity contribution >= 4 is 34.8 Å². The highest BCUT2D eigenvalue weighted by atomic mass is 35.5. The van der Waals surface area contributed by atoms with Crippen molar-refractivity contribution in [3.63, 3.8) is 0 Å². The van der Waals surface area contributed by atoms with Gasteiger partial charge in [-0.2, -0.15) is 18.3 Å². The van der Waals surface area contributed by atoms with Gasteiger partial charge in [0.25, 0.3) is 5.91 Å². The SMILES string of the molecule is CCOc1ccc(NC(C)=O)cc1NC(=O)c1ccc(-c2cc(C(F)(F)F)nn2-c2ccccc2Cl)cc1.[HH]. The van der Waals surface area contributed by atoms with Crippen molar-refractivity contribution < 1.29 is 28.9 Å². The molecule has 0 aliphatic carbocycles. The summed E-state index contributed by atoms with van der Waals surface area (Å²) in [6.45, 7) is 3.52. The van der Waals surface area contributed by atoms with Crippen LogP contribution < -0.4 is 15.4 Å². The molecule has 7 nitrogen and oxygen atoms in total. The Morgan fingerprint density at radius 1 is 1.03 bits per heavy atom. The molecule has 4 aromatic rings. The molecule has 198 valence electrons.